The minimum Gasteiger partial charge on any atom is -0.466 e. The SMILES string of the molecule is COC(=O)C1=C(C)N(C)C=NC1c1ccccc1. The number of hydrogen-bond donors (Lipinski definition) is 0. The Balaban J connectivity index is 2.47. The summed E-state index contributed by atoms with van der Waals surface area (Å²) in [6.45, 7) is 1.90. The van der Waals surface area contributed by atoms with Crippen molar-refractivity contribution in [3.05, 3.63) is 47.2 Å². The minimum atomic E-state index is -0.329. The molecular weight excluding hydrogens is 228 g/mol. The number of esters is 1. The first-order chi connectivity index (χ1) is 8.65. The van der Waals surface area contributed by atoms with E-state index in [-0.39, 0.29) is 12.0 Å². The highest BCUT2D eigenvalue weighted by Crippen LogP contribution is 2.32. The zero-order valence-corrected chi connectivity index (χ0v) is 10.8. The van der Waals surface area contributed by atoms with Gasteiger partial charge in [-0.2, -0.15) is 0 Å². The standard InChI is InChI=1S/C14H16N2O2/c1-10-12(14(17)18-3)13(15-9-16(10)2)11-7-5-4-6-8-11/h4-9,13H,1-3H3. The second kappa shape index (κ2) is 5.04. The molecule has 0 saturated carbocycles. The second-order valence-corrected chi connectivity index (χ2v) is 4.18. The van der Waals surface area contributed by atoms with Crippen molar-refractivity contribution in [2.45, 2.75) is 13.0 Å². The lowest BCUT2D eigenvalue weighted by atomic mass is 9.96. The highest BCUT2D eigenvalue weighted by Gasteiger charge is 2.28. The van der Waals surface area contributed by atoms with E-state index in [0.29, 0.717) is 5.57 Å². The Kier molecular flexibility index (Phi) is 3.46. The van der Waals surface area contributed by atoms with Gasteiger partial charge in [0, 0.05) is 12.7 Å². The van der Waals surface area contributed by atoms with Crippen molar-refractivity contribution in [2.24, 2.45) is 4.99 Å². The Morgan fingerprint density at radius 2 is 2.00 bits per heavy atom. The molecule has 2 rings (SSSR count). The highest BCUT2D eigenvalue weighted by molar-refractivity contribution is 5.92. The van der Waals surface area contributed by atoms with E-state index in [4.69, 9.17) is 4.74 Å². The number of hydrogen-bond acceptors (Lipinski definition) is 4. The Bertz CT molecular complexity index is 506. The van der Waals surface area contributed by atoms with Crippen LogP contribution in [0.1, 0.15) is 18.5 Å². The van der Waals surface area contributed by atoms with Crippen LogP contribution < -0.4 is 0 Å². The molecule has 1 unspecified atom stereocenters. The molecule has 1 heterocycles. The van der Waals surface area contributed by atoms with Crippen molar-refractivity contribution < 1.29 is 9.53 Å². The van der Waals surface area contributed by atoms with Gasteiger partial charge in [-0.3, -0.25) is 4.99 Å². The molecule has 0 spiro atoms. The molecule has 0 aromatic heterocycles. The molecule has 1 aromatic rings. The largest absolute Gasteiger partial charge is 0.466 e. The Hall–Kier alpha value is -2.10. The maximum atomic E-state index is 11.9. The fraction of sp³-hybridized carbons (Fsp3) is 0.286. The molecule has 0 fully saturated rings. The van der Waals surface area contributed by atoms with Crippen molar-refractivity contribution in [3.63, 3.8) is 0 Å². The van der Waals surface area contributed by atoms with E-state index >= 15 is 0 Å². The molecule has 1 aliphatic rings. The van der Waals surface area contributed by atoms with Gasteiger partial charge in [-0.15, -0.1) is 0 Å². The molecule has 4 nitrogen and oxygen atoms in total. The average Bonchev–Trinajstić information content (AvgIpc) is 2.42. The van der Waals surface area contributed by atoms with Gasteiger partial charge in [0.15, 0.2) is 0 Å². The summed E-state index contributed by atoms with van der Waals surface area (Å²) in [7, 11) is 3.26. The number of nitrogens with zero attached hydrogens (tertiary/aromatic N) is 2. The minimum absolute atomic E-state index is 0.283. The van der Waals surface area contributed by atoms with Crippen LogP contribution in [0.4, 0.5) is 0 Å². The summed E-state index contributed by atoms with van der Waals surface area (Å²) >= 11 is 0. The number of allylic oxidation sites excluding steroid dienone is 1. The molecule has 0 amide bonds. The van der Waals surface area contributed by atoms with Crippen LogP contribution in [0.25, 0.3) is 0 Å². The summed E-state index contributed by atoms with van der Waals surface area (Å²) in [6, 6.07) is 9.46. The Morgan fingerprint density at radius 1 is 1.33 bits per heavy atom. The van der Waals surface area contributed by atoms with Gasteiger partial charge in [-0.25, -0.2) is 4.79 Å². The highest BCUT2D eigenvalue weighted by atomic mass is 16.5. The van der Waals surface area contributed by atoms with Gasteiger partial charge in [0.1, 0.15) is 6.04 Å². The van der Waals surface area contributed by atoms with E-state index in [2.05, 4.69) is 4.99 Å². The van der Waals surface area contributed by atoms with Crippen molar-refractivity contribution in [3.8, 4) is 0 Å². The van der Waals surface area contributed by atoms with Crippen LogP contribution in [-0.4, -0.2) is 31.4 Å². The Labute approximate surface area is 107 Å². The molecule has 0 saturated heterocycles. The van der Waals surface area contributed by atoms with Gasteiger partial charge in [0.2, 0.25) is 0 Å². The van der Waals surface area contributed by atoms with Gasteiger partial charge in [0.05, 0.1) is 19.0 Å². The number of rotatable bonds is 2. The topological polar surface area (TPSA) is 41.9 Å². The molecule has 0 bridgehead atoms. The van der Waals surface area contributed by atoms with Crippen molar-refractivity contribution in [1.82, 2.24) is 4.90 Å². The lowest BCUT2D eigenvalue weighted by molar-refractivity contribution is -0.136. The average molecular weight is 244 g/mol. The number of methoxy groups -OCH3 is 1. The summed E-state index contributed by atoms with van der Waals surface area (Å²) in [6.07, 6.45) is 1.74. The van der Waals surface area contributed by atoms with Gasteiger partial charge >= 0.3 is 5.97 Å². The molecule has 1 aliphatic heterocycles. The number of benzene rings is 1. The van der Waals surface area contributed by atoms with E-state index in [1.807, 2.05) is 49.2 Å². The molecule has 4 heteroatoms. The van der Waals surface area contributed by atoms with Crippen LogP contribution in [-0.2, 0) is 9.53 Å². The zero-order valence-electron chi connectivity index (χ0n) is 10.8. The lowest BCUT2D eigenvalue weighted by Crippen LogP contribution is -2.26. The normalized spacial score (nSPS) is 19.1. The quantitative estimate of drug-likeness (QED) is 0.748. The predicted molar refractivity (Wildman–Crippen MR) is 70.2 cm³/mol. The van der Waals surface area contributed by atoms with Gasteiger partial charge in [-0.1, -0.05) is 30.3 Å². The van der Waals surface area contributed by atoms with Crippen LogP contribution in [0.5, 0.6) is 0 Å². The van der Waals surface area contributed by atoms with Gasteiger partial charge < -0.3 is 9.64 Å². The third-order valence-electron chi connectivity index (χ3n) is 3.10. The lowest BCUT2D eigenvalue weighted by Gasteiger charge is -2.27. The monoisotopic (exact) mass is 244 g/mol. The molecule has 18 heavy (non-hydrogen) atoms. The van der Waals surface area contributed by atoms with E-state index < -0.39 is 0 Å². The van der Waals surface area contributed by atoms with E-state index in [1.54, 1.807) is 6.34 Å². The maximum absolute atomic E-state index is 11.9. The summed E-state index contributed by atoms with van der Waals surface area (Å²) in [4.78, 5) is 18.2. The van der Waals surface area contributed by atoms with Gasteiger partial charge in [0.25, 0.3) is 0 Å². The Morgan fingerprint density at radius 3 is 2.61 bits per heavy atom. The first kappa shape index (κ1) is 12.4. The molecule has 94 valence electrons. The molecule has 0 radical (unpaired) electrons. The third-order valence-corrected chi connectivity index (χ3v) is 3.10. The van der Waals surface area contributed by atoms with Gasteiger partial charge in [-0.05, 0) is 12.5 Å². The number of carbonyl (C=O) groups is 1. The van der Waals surface area contributed by atoms with Crippen LogP contribution >= 0.6 is 0 Å². The molecule has 0 N–H and O–H groups in total. The third kappa shape index (κ3) is 2.14. The molecule has 1 atom stereocenters. The van der Waals surface area contributed by atoms with E-state index in [9.17, 15) is 4.79 Å². The van der Waals surface area contributed by atoms with Crippen LogP contribution in [0, 0.1) is 0 Å². The molecule has 0 aliphatic carbocycles. The number of ether oxygens (including phenoxy) is 1. The van der Waals surface area contributed by atoms with Crippen LogP contribution in [0.2, 0.25) is 0 Å². The van der Waals surface area contributed by atoms with E-state index in [0.717, 1.165) is 11.3 Å². The first-order valence-corrected chi connectivity index (χ1v) is 5.75. The summed E-state index contributed by atoms with van der Waals surface area (Å²) in [5, 5.41) is 0. The fourth-order valence-corrected chi connectivity index (χ4v) is 1.97. The first-order valence-electron chi connectivity index (χ1n) is 5.75. The molecule has 1 aromatic carbocycles. The second-order valence-electron chi connectivity index (χ2n) is 4.18. The number of aliphatic imine (C=N–C) groups is 1. The maximum Gasteiger partial charge on any atom is 0.338 e. The van der Waals surface area contributed by atoms with Crippen LogP contribution in [0.3, 0.4) is 0 Å². The summed E-state index contributed by atoms with van der Waals surface area (Å²) in [5.41, 5.74) is 2.45. The van der Waals surface area contributed by atoms with Crippen molar-refractivity contribution in [1.29, 1.82) is 0 Å². The molecular formula is C14H16N2O2. The zero-order chi connectivity index (χ0) is 13.1. The number of carbonyl (C=O) groups excluding carboxylic acids is 1. The van der Waals surface area contributed by atoms with Crippen molar-refractivity contribution in [2.75, 3.05) is 14.2 Å². The smallest absolute Gasteiger partial charge is 0.338 e. The van der Waals surface area contributed by atoms with Crippen molar-refractivity contribution >= 4 is 12.3 Å². The predicted octanol–water partition coefficient (Wildman–Crippen LogP) is 2.15. The van der Waals surface area contributed by atoms with Crippen LogP contribution in [0.15, 0.2) is 46.6 Å². The summed E-state index contributed by atoms with van der Waals surface area (Å²) in [5.74, 6) is -0.329. The van der Waals surface area contributed by atoms with E-state index in [1.165, 1.54) is 7.11 Å². The fourth-order valence-electron chi connectivity index (χ4n) is 1.97. The summed E-state index contributed by atoms with van der Waals surface area (Å²) < 4.78 is 4.86.